The first kappa shape index (κ1) is 19.7. The second-order valence-electron chi connectivity index (χ2n) is 6.91. The van der Waals surface area contributed by atoms with E-state index in [0.29, 0.717) is 26.0 Å². The summed E-state index contributed by atoms with van der Waals surface area (Å²) in [5, 5.41) is 2.56. The van der Waals surface area contributed by atoms with E-state index in [1.807, 2.05) is 30.3 Å². The van der Waals surface area contributed by atoms with Crippen LogP contribution in [0.25, 0.3) is 0 Å². The molecule has 26 heavy (non-hydrogen) atoms. The summed E-state index contributed by atoms with van der Waals surface area (Å²) in [4.78, 5) is 27.2. The normalized spacial score (nSPS) is 12.4. The van der Waals surface area contributed by atoms with Crippen LogP contribution in [0.3, 0.4) is 0 Å². The van der Waals surface area contributed by atoms with Gasteiger partial charge in [-0.15, -0.1) is 0 Å². The molecule has 2 aromatic rings. The van der Waals surface area contributed by atoms with Crippen LogP contribution in [0, 0.1) is 0 Å². The van der Waals surface area contributed by atoms with Gasteiger partial charge in [0.2, 0.25) is 0 Å². The average molecular weight is 359 g/mol. The molecule has 1 aromatic carbocycles. The first-order chi connectivity index (χ1) is 12.4. The Kier molecular flexibility index (Phi) is 6.91. The van der Waals surface area contributed by atoms with Gasteiger partial charge in [0.1, 0.15) is 18.6 Å². The highest BCUT2D eigenvalue weighted by molar-refractivity contribution is 5.73. The minimum Gasteiger partial charge on any atom is -0.444 e. The van der Waals surface area contributed by atoms with Gasteiger partial charge >= 0.3 is 6.09 Å². The summed E-state index contributed by atoms with van der Waals surface area (Å²) < 4.78 is 12.7. The summed E-state index contributed by atoms with van der Waals surface area (Å²) in [6.45, 7) is 6.08. The van der Waals surface area contributed by atoms with Gasteiger partial charge in [0.25, 0.3) is 0 Å². The molecule has 1 unspecified atom stereocenters. The molecule has 0 aliphatic rings. The molecule has 0 saturated heterocycles. The molecule has 1 amide bonds. The average Bonchev–Trinajstić information content (AvgIpc) is 3.00. The Bertz CT molecular complexity index is 707. The standard InChI is InChI=1S/C19H25N3O4/c1-19(2,3)26-18(24)21-16(11-23)9-17-10-20-13-22(17)14-25-12-15-7-5-4-6-8-15/h4-8,10-11,13,16H,9,12,14H2,1-3H3,(H,21,24). The van der Waals surface area contributed by atoms with Crippen molar-refractivity contribution in [3.8, 4) is 0 Å². The van der Waals surface area contributed by atoms with E-state index in [1.54, 1.807) is 37.9 Å². The van der Waals surface area contributed by atoms with Crippen LogP contribution in [0.2, 0.25) is 0 Å². The number of carbonyl (C=O) groups is 2. The van der Waals surface area contributed by atoms with Crippen molar-refractivity contribution in [2.45, 2.75) is 52.2 Å². The third kappa shape index (κ3) is 6.68. The van der Waals surface area contributed by atoms with Gasteiger partial charge in [0.05, 0.1) is 19.0 Å². The van der Waals surface area contributed by atoms with Gasteiger partial charge in [-0.1, -0.05) is 30.3 Å². The van der Waals surface area contributed by atoms with Crippen LogP contribution in [0.4, 0.5) is 4.79 Å². The maximum Gasteiger partial charge on any atom is 0.408 e. The molecular weight excluding hydrogens is 334 g/mol. The Morgan fingerprint density at radius 3 is 2.69 bits per heavy atom. The molecule has 0 saturated carbocycles. The summed E-state index contributed by atoms with van der Waals surface area (Å²) in [6.07, 6.45) is 3.65. The van der Waals surface area contributed by atoms with Gasteiger partial charge in [0.15, 0.2) is 0 Å². The monoisotopic (exact) mass is 359 g/mol. The van der Waals surface area contributed by atoms with E-state index in [-0.39, 0.29) is 0 Å². The molecule has 0 aliphatic carbocycles. The molecule has 7 nitrogen and oxygen atoms in total. The number of nitrogens with zero attached hydrogens (tertiary/aromatic N) is 2. The number of amides is 1. The molecular formula is C19H25N3O4. The number of ether oxygens (including phenoxy) is 2. The van der Waals surface area contributed by atoms with Gasteiger partial charge in [-0.3, -0.25) is 0 Å². The zero-order valence-electron chi connectivity index (χ0n) is 15.3. The lowest BCUT2D eigenvalue weighted by Crippen LogP contribution is -2.41. The first-order valence-electron chi connectivity index (χ1n) is 8.43. The van der Waals surface area contributed by atoms with Crippen molar-refractivity contribution in [2.24, 2.45) is 0 Å². The Labute approximate surface area is 153 Å². The number of alkyl carbamates (subject to hydrolysis) is 1. The summed E-state index contributed by atoms with van der Waals surface area (Å²) >= 11 is 0. The van der Waals surface area contributed by atoms with Gasteiger partial charge in [0, 0.05) is 18.3 Å². The molecule has 1 N–H and O–H groups in total. The number of imidazole rings is 1. The summed E-state index contributed by atoms with van der Waals surface area (Å²) in [6, 6.07) is 9.14. The van der Waals surface area contributed by atoms with Crippen molar-refractivity contribution in [3.63, 3.8) is 0 Å². The van der Waals surface area contributed by atoms with Crippen molar-refractivity contribution in [1.29, 1.82) is 0 Å². The van der Waals surface area contributed by atoms with Crippen LogP contribution in [0.1, 0.15) is 32.0 Å². The SMILES string of the molecule is CC(C)(C)OC(=O)NC(C=O)Cc1cncn1COCc1ccccc1. The Balaban J connectivity index is 1.87. The highest BCUT2D eigenvalue weighted by Crippen LogP contribution is 2.09. The topological polar surface area (TPSA) is 82.5 Å². The fourth-order valence-corrected chi connectivity index (χ4v) is 2.29. The predicted octanol–water partition coefficient (Wildman–Crippen LogP) is 2.69. The van der Waals surface area contributed by atoms with Crippen LogP contribution in [-0.2, 0) is 34.0 Å². The maximum absolute atomic E-state index is 11.8. The smallest absolute Gasteiger partial charge is 0.408 e. The second kappa shape index (κ2) is 9.15. The van der Waals surface area contributed by atoms with Crippen LogP contribution in [0.5, 0.6) is 0 Å². The van der Waals surface area contributed by atoms with E-state index in [2.05, 4.69) is 10.3 Å². The zero-order chi connectivity index (χ0) is 19.0. The van der Waals surface area contributed by atoms with E-state index < -0.39 is 17.7 Å². The number of hydrogen-bond acceptors (Lipinski definition) is 5. The summed E-state index contributed by atoms with van der Waals surface area (Å²) in [5.74, 6) is 0. The molecule has 7 heteroatoms. The first-order valence-corrected chi connectivity index (χ1v) is 8.43. The van der Waals surface area contributed by atoms with E-state index in [9.17, 15) is 9.59 Å². The third-order valence-corrected chi connectivity index (χ3v) is 3.44. The number of aromatic nitrogens is 2. The van der Waals surface area contributed by atoms with Crippen molar-refractivity contribution >= 4 is 12.4 Å². The number of rotatable bonds is 8. The molecule has 1 heterocycles. The second-order valence-corrected chi connectivity index (χ2v) is 6.91. The molecule has 1 aromatic heterocycles. The lowest BCUT2D eigenvalue weighted by Gasteiger charge is -2.21. The Morgan fingerprint density at radius 1 is 1.31 bits per heavy atom. The number of carbonyl (C=O) groups excluding carboxylic acids is 2. The van der Waals surface area contributed by atoms with Crippen LogP contribution in [-0.4, -0.2) is 33.6 Å². The van der Waals surface area contributed by atoms with E-state index >= 15 is 0 Å². The van der Waals surface area contributed by atoms with E-state index in [4.69, 9.17) is 9.47 Å². The van der Waals surface area contributed by atoms with Gasteiger partial charge < -0.3 is 24.2 Å². The van der Waals surface area contributed by atoms with Crippen molar-refractivity contribution in [2.75, 3.05) is 0 Å². The number of nitrogens with one attached hydrogen (secondary N) is 1. The quantitative estimate of drug-likeness (QED) is 0.733. The highest BCUT2D eigenvalue weighted by atomic mass is 16.6. The van der Waals surface area contributed by atoms with Gasteiger partial charge in [-0.2, -0.15) is 0 Å². The summed E-state index contributed by atoms with van der Waals surface area (Å²) in [7, 11) is 0. The molecule has 140 valence electrons. The van der Waals surface area contributed by atoms with Gasteiger partial charge in [-0.25, -0.2) is 9.78 Å². The number of aldehydes is 1. The Hall–Kier alpha value is -2.67. The Morgan fingerprint density at radius 2 is 2.04 bits per heavy atom. The fraction of sp³-hybridized carbons (Fsp3) is 0.421. The molecule has 0 bridgehead atoms. The van der Waals surface area contributed by atoms with Crippen LogP contribution in [0.15, 0.2) is 42.9 Å². The number of hydrogen-bond donors (Lipinski definition) is 1. The maximum atomic E-state index is 11.8. The van der Waals surface area contributed by atoms with Crippen LogP contribution >= 0.6 is 0 Å². The zero-order valence-corrected chi connectivity index (χ0v) is 15.3. The molecule has 2 rings (SSSR count). The lowest BCUT2D eigenvalue weighted by molar-refractivity contribution is -0.109. The van der Waals surface area contributed by atoms with Gasteiger partial charge in [-0.05, 0) is 26.3 Å². The van der Waals surface area contributed by atoms with Crippen LogP contribution < -0.4 is 5.32 Å². The van der Waals surface area contributed by atoms with E-state index in [1.165, 1.54) is 0 Å². The predicted molar refractivity (Wildman–Crippen MR) is 96.4 cm³/mol. The minimum absolute atomic E-state index is 0.303. The summed E-state index contributed by atoms with van der Waals surface area (Å²) in [5.41, 5.74) is 1.24. The van der Waals surface area contributed by atoms with Crippen molar-refractivity contribution in [1.82, 2.24) is 14.9 Å². The van der Waals surface area contributed by atoms with Crippen molar-refractivity contribution in [3.05, 3.63) is 54.1 Å². The fourth-order valence-electron chi connectivity index (χ4n) is 2.29. The third-order valence-electron chi connectivity index (χ3n) is 3.44. The van der Waals surface area contributed by atoms with E-state index in [0.717, 1.165) is 11.3 Å². The molecule has 0 fully saturated rings. The highest BCUT2D eigenvalue weighted by Gasteiger charge is 2.20. The number of benzene rings is 1. The molecule has 0 aliphatic heterocycles. The molecule has 1 atom stereocenters. The molecule has 0 radical (unpaired) electrons. The minimum atomic E-state index is -0.700. The molecule has 0 spiro atoms. The van der Waals surface area contributed by atoms with Crippen molar-refractivity contribution < 1.29 is 19.1 Å². The largest absolute Gasteiger partial charge is 0.444 e. The lowest BCUT2D eigenvalue weighted by atomic mass is 10.2.